The van der Waals surface area contributed by atoms with Crippen LogP contribution in [0.3, 0.4) is 0 Å². The summed E-state index contributed by atoms with van der Waals surface area (Å²) in [4.78, 5) is 13.6. The summed E-state index contributed by atoms with van der Waals surface area (Å²) in [5.74, 6) is 0.519. The van der Waals surface area contributed by atoms with Crippen molar-refractivity contribution in [3.05, 3.63) is 51.5 Å². The Labute approximate surface area is 186 Å². The number of ether oxygens (including phenoxy) is 3. The zero-order valence-electron chi connectivity index (χ0n) is 17.2. The lowest BCUT2D eigenvalue weighted by atomic mass is 9.91. The van der Waals surface area contributed by atoms with Gasteiger partial charge in [0, 0.05) is 10.0 Å². The molecule has 0 spiro atoms. The molecule has 3 rings (SSSR count). The second-order valence-corrected chi connectivity index (χ2v) is 8.02. The summed E-state index contributed by atoms with van der Waals surface area (Å²) in [6, 6.07) is 9.01. The highest BCUT2D eigenvalue weighted by Gasteiger charge is 2.32. The number of likely N-dealkylation sites (tertiary alicyclic amines) is 1. The van der Waals surface area contributed by atoms with E-state index in [1.807, 2.05) is 18.2 Å². The number of aliphatic carboxylic acids is 1. The predicted molar refractivity (Wildman–Crippen MR) is 116 cm³/mol. The minimum atomic E-state index is -0.747. The summed E-state index contributed by atoms with van der Waals surface area (Å²) in [5, 5.41) is 10.5. The molecule has 1 heterocycles. The quantitative estimate of drug-likeness (QED) is 0.642. The summed E-state index contributed by atoms with van der Waals surface area (Å²) < 4.78 is 16.5. The number of benzene rings is 2. The summed E-state index contributed by atoms with van der Waals surface area (Å²) in [5.41, 5.74) is 1.78. The molecule has 1 fully saturated rings. The third-order valence-electron chi connectivity index (χ3n) is 5.50. The molecule has 2 aromatic rings. The van der Waals surface area contributed by atoms with Crippen molar-refractivity contribution >= 4 is 29.2 Å². The first-order chi connectivity index (χ1) is 14.4. The minimum absolute atomic E-state index is 0.224. The van der Waals surface area contributed by atoms with Crippen molar-refractivity contribution in [2.24, 2.45) is 5.92 Å². The maximum absolute atomic E-state index is 11.4. The van der Waals surface area contributed by atoms with Crippen molar-refractivity contribution in [1.29, 1.82) is 0 Å². The zero-order valence-corrected chi connectivity index (χ0v) is 18.7. The fourth-order valence-corrected chi connectivity index (χ4v) is 4.49. The van der Waals surface area contributed by atoms with Crippen LogP contribution in [-0.2, 0) is 4.79 Å². The molecular formula is C22H25Cl2NO5. The van der Waals surface area contributed by atoms with Crippen LogP contribution in [0, 0.1) is 5.92 Å². The van der Waals surface area contributed by atoms with Crippen LogP contribution in [0.5, 0.6) is 17.2 Å². The first-order valence-electron chi connectivity index (χ1n) is 9.61. The number of halogens is 2. The highest BCUT2D eigenvalue weighted by Crippen LogP contribution is 2.44. The van der Waals surface area contributed by atoms with Gasteiger partial charge in [0.05, 0.1) is 33.3 Å². The molecule has 1 atom stereocenters. The number of methoxy groups -OCH3 is 3. The molecule has 30 heavy (non-hydrogen) atoms. The Hall–Kier alpha value is -2.15. The van der Waals surface area contributed by atoms with Crippen molar-refractivity contribution in [2.45, 2.75) is 18.9 Å². The fourth-order valence-electron chi connectivity index (χ4n) is 3.97. The van der Waals surface area contributed by atoms with Crippen LogP contribution in [0.1, 0.15) is 30.0 Å². The van der Waals surface area contributed by atoms with Gasteiger partial charge in [-0.05, 0) is 61.3 Å². The van der Waals surface area contributed by atoms with Crippen molar-refractivity contribution in [3.8, 4) is 17.2 Å². The van der Waals surface area contributed by atoms with Crippen LogP contribution >= 0.6 is 23.2 Å². The molecule has 6 nitrogen and oxygen atoms in total. The topological polar surface area (TPSA) is 68.2 Å². The lowest BCUT2D eigenvalue weighted by Gasteiger charge is -2.37. The van der Waals surface area contributed by atoms with Gasteiger partial charge in [0.1, 0.15) is 0 Å². The number of hydrogen-bond donors (Lipinski definition) is 1. The summed E-state index contributed by atoms with van der Waals surface area (Å²) >= 11 is 12.7. The Balaban J connectivity index is 2.09. The molecular weight excluding hydrogens is 429 g/mol. The summed E-state index contributed by atoms with van der Waals surface area (Å²) in [7, 11) is 4.71. The largest absolute Gasteiger partial charge is 0.493 e. The van der Waals surface area contributed by atoms with Gasteiger partial charge < -0.3 is 19.3 Å². The molecule has 0 aromatic heterocycles. The lowest BCUT2D eigenvalue weighted by molar-refractivity contribution is -0.143. The van der Waals surface area contributed by atoms with Gasteiger partial charge >= 0.3 is 5.97 Å². The average molecular weight is 454 g/mol. The maximum Gasteiger partial charge on any atom is 0.306 e. The van der Waals surface area contributed by atoms with Gasteiger partial charge in [-0.25, -0.2) is 0 Å². The fraction of sp³-hybridized carbons (Fsp3) is 0.409. The SMILES string of the molecule is COc1cc(C(c2ccc(Cl)cc2Cl)N2CCC(C(=O)O)CC2)cc(OC)c1OC. The third-order valence-corrected chi connectivity index (χ3v) is 6.07. The molecule has 0 radical (unpaired) electrons. The van der Waals surface area contributed by atoms with Gasteiger partial charge in [0.25, 0.3) is 0 Å². The second-order valence-electron chi connectivity index (χ2n) is 7.18. The van der Waals surface area contributed by atoms with Gasteiger partial charge in [-0.1, -0.05) is 29.3 Å². The van der Waals surface area contributed by atoms with Crippen molar-refractivity contribution in [3.63, 3.8) is 0 Å². The number of hydrogen-bond acceptors (Lipinski definition) is 5. The zero-order chi connectivity index (χ0) is 21.8. The molecule has 0 bridgehead atoms. The van der Waals surface area contributed by atoms with E-state index < -0.39 is 5.97 Å². The predicted octanol–water partition coefficient (Wildman–Crippen LogP) is 4.91. The van der Waals surface area contributed by atoms with E-state index in [1.54, 1.807) is 33.5 Å². The van der Waals surface area contributed by atoms with Crippen LogP contribution < -0.4 is 14.2 Å². The lowest BCUT2D eigenvalue weighted by Crippen LogP contribution is -2.39. The van der Waals surface area contributed by atoms with Crippen LogP contribution in [-0.4, -0.2) is 50.4 Å². The number of piperidine rings is 1. The van der Waals surface area contributed by atoms with Gasteiger partial charge in [-0.3, -0.25) is 9.69 Å². The molecule has 1 N–H and O–H groups in total. The second kappa shape index (κ2) is 9.77. The normalized spacial score (nSPS) is 16.2. The van der Waals surface area contributed by atoms with Crippen LogP contribution in [0.15, 0.2) is 30.3 Å². The molecule has 0 aliphatic carbocycles. The first kappa shape index (κ1) is 22.5. The number of rotatable bonds is 7. The highest BCUT2D eigenvalue weighted by atomic mass is 35.5. The number of nitrogens with zero attached hydrogens (tertiary/aromatic N) is 1. The smallest absolute Gasteiger partial charge is 0.306 e. The molecule has 2 aromatic carbocycles. The van der Waals surface area contributed by atoms with Gasteiger partial charge in [-0.15, -0.1) is 0 Å². The van der Waals surface area contributed by atoms with Crippen molar-refractivity contribution in [2.75, 3.05) is 34.4 Å². The Bertz CT molecular complexity index is 887. The van der Waals surface area contributed by atoms with Crippen LogP contribution in [0.25, 0.3) is 0 Å². The van der Waals surface area contributed by atoms with Gasteiger partial charge in [0.15, 0.2) is 11.5 Å². The first-order valence-corrected chi connectivity index (χ1v) is 10.4. The number of carboxylic acids is 1. The van der Waals surface area contributed by atoms with E-state index in [1.165, 1.54) is 0 Å². The molecule has 162 valence electrons. The average Bonchev–Trinajstić information content (AvgIpc) is 2.74. The standard InChI is InChI=1S/C22H25Cl2NO5/c1-28-18-10-14(11-19(29-2)21(18)30-3)20(16-5-4-15(23)12-17(16)24)25-8-6-13(7-9-25)22(26)27/h4-5,10-13,20H,6-9H2,1-3H3,(H,26,27). The van der Waals surface area contributed by atoms with E-state index in [0.717, 1.165) is 11.1 Å². The maximum atomic E-state index is 11.4. The minimum Gasteiger partial charge on any atom is -0.493 e. The summed E-state index contributed by atoms with van der Waals surface area (Å²) in [6.07, 6.45) is 1.14. The third kappa shape index (κ3) is 4.61. The monoisotopic (exact) mass is 453 g/mol. The summed E-state index contributed by atoms with van der Waals surface area (Å²) in [6.45, 7) is 1.24. The van der Waals surface area contributed by atoms with E-state index in [9.17, 15) is 9.90 Å². The molecule has 1 aliphatic heterocycles. The van der Waals surface area contributed by atoms with E-state index in [-0.39, 0.29) is 12.0 Å². The van der Waals surface area contributed by atoms with Crippen LogP contribution in [0.4, 0.5) is 0 Å². The Kier molecular flexibility index (Phi) is 7.34. The molecule has 1 aliphatic rings. The van der Waals surface area contributed by atoms with Crippen LogP contribution in [0.2, 0.25) is 10.0 Å². The Morgan fingerprint density at radius 2 is 1.63 bits per heavy atom. The van der Waals surface area contributed by atoms with Gasteiger partial charge in [-0.2, -0.15) is 0 Å². The van der Waals surface area contributed by atoms with E-state index in [2.05, 4.69) is 4.90 Å². The number of carbonyl (C=O) groups is 1. The Morgan fingerprint density at radius 3 is 2.10 bits per heavy atom. The molecule has 0 amide bonds. The van der Waals surface area contributed by atoms with E-state index >= 15 is 0 Å². The van der Waals surface area contributed by atoms with Crippen molar-refractivity contribution < 1.29 is 24.1 Å². The molecule has 0 saturated carbocycles. The highest BCUT2D eigenvalue weighted by molar-refractivity contribution is 6.35. The van der Waals surface area contributed by atoms with E-state index in [0.29, 0.717) is 53.2 Å². The molecule has 1 unspecified atom stereocenters. The molecule has 8 heteroatoms. The Morgan fingerprint density at radius 1 is 1.03 bits per heavy atom. The van der Waals surface area contributed by atoms with Gasteiger partial charge in [0.2, 0.25) is 5.75 Å². The number of carboxylic acid groups (broad SMARTS) is 1. The van der Waals surface area contributed by atoms with E-state index in [4.69, 9.17) is 37.4 Å². The van der Waals surface area contributed by atoms with Crippen molar-refractivity contribution in [1.82, 2.24) is 4.90 Å². The molecule has 1 saturated heterocycles.